The van der Waals surface area contributed by atoms with Gasteiger partial charge in [0, 0.05) is 18.7 Å². The fourth-order valence-corrected chi connectivity index (χ4v) is 3.34. The molecule has 3 rings (SSSR count). The Balaban J connectivity index is 1.62. The van der Waals surface area contributed by atoms with Crippen LogP contribution in [0.5, 0.6) is 5.88 Å². The Hall–Kier alpha value is -1.29. The van der Waals surface area contributed by atoms with Crippen molar-refractivity contribution in [3.8, 4) is 5.88 Å². The maximum absolute atomic E-state index is 6.06. The van der Waals surface area contributed by atoms with Crippen molar-refractivity contribution in [2.45, 2.75) is 50.2 Å². The van der Waals surface area contributed by atoms with Gasteiger partial charge in [-0.15, -0.1) is 0 Å². The second-order valence-electron chi connectivity index (χ2n) is 5.66. The number of pyridine rings is 1. The molecule has 2 aliphatic rings. The molecule has 4 heteroatoms. The molecule has 0 amide bonds. The van der Waals surface area contributed by atoms with E-state index in [4.69, 9.17) is 9.47 Å². The predicted octanol–water partition coefficient (Wildman–Crippen LogP) is 2.99. The van der Waals surface area contributed by atoms with Crippen LogP contribution < -0.4 is 10.1 Å². The van der Waals surface area contributed by atoms with Crippen LogP contribution in [0.4, 0.5) is 5.69 Å². The highest BCUT2D eigenvalue weighted by molar-refractivity contribution is 5.43. The van der Waals surface area contributed by atoms with Crippen LogP contribution in [0.3, 0.4) is 0 Å². The Morgan fingerprint density at radius 1 is 1.37 bits per heavy atom. The number of aromatic nitrogens is 1. The van der Waals surface area contributed by atoms with Gasteiger partial charge in [-0.25, -0.2) is 4.98 Å². The first-order valence-electron chi connectivity index (χ1n) is 7.20. The van der Waals surface area contributed by atoms with E-state index in [1.54, 1.807) is 7.11 Å². The van der Waals surface area contributed by atoms with Crippen molar-refractivity contribution < 1.29 is 9.47 Å². The first kappa shape index (κ1) is 12.7. The van der Waals surface area contributed by atoms with Crippen molar-refractivity contribution in [2.24, 2.45) is 0 Å². The molecule has 1 aromatic rings. The van der Waals surface area contributed by atoms with Gasteiger partial charge in [0.15, 0.2) is 0 Å². The summed E-state index contributed by atoms with van der Waals surface area (Å²) in [7, 11) is 1.64. The van der Waals surface area contributed by atoms with E-state index in [-0.39, 0.29) is 5.60 Å². The summed E-state index contributed by atoms with van der Waals surface area (Å²) in [6.45, 7) is 0.876. The summed E-state index contributed by atoms with van der Waals surface area (Å²) >= 11 is 0. The SMILES string of the molecule is COc1ccc(NC2CCOC3(CCCC3)C2)cn1. The molecule has 1 N–H and O–H groups in total. The molecule has 2 heterocycles. The van der Waals surface area contributed by atoms with Crippen LogP contribution >= 0.6 is 0 Å². The van der Waals surface area contributed by atoms with Crippen molar-refractivity contribution >= 4 is 5.69 Å². The summed E-state index contributed by atoms with van der Waals surface area (Å²) in [5.74, 6) is 0.657. The lowest BCUT2D eigenvalue weighted by atomic mass is 9.89. The molecule has 2 fully saturated rings. The molecule has 1 spiro atoms. The fraction of sp³-hybridized carbons (Fsp3) is 0.667. The van der Waals surface area contributed by atoms with E-state index >= 15 is 0 Å². The number of methoxy groups -OCH3 is 1. The van der Waals surface area contributed by atoms with E-state index < -0.39 is 0 Å². The van der Waals surface area contributed by atoms with E-state index in [0.717, 1.165) is 25.1 Å². The van der Waals surface area contributed by atoms with E-state index in [1.165, 1.54) is 25.7 Å². The smallest absolute Gasteiger partial charge is 0.213 e. The number of nitrogens with zero attached hydrogens (tertiary/aromatic N) is 1. The number of hydrogen-bond donors (Lipinski definition) is 1. The molecular formula is C15H22N2O2. The van der Waals surface area contributed by atoms with Gasteiger partial charge in [0.1, 0.15) is 0 Å². The van der Waals surface area contributed by atoms with Crippen molar-refractivity contribution in [1.29, 1.82) is 0 Å². The predicted molar refractivity (Wildman–Crippen MR) is 74.6 cm³/mol. The highest BCUT2D eigenvalue weighted by Gasteiger charge is 2.39. The first-order valence-corrected chi connectivity index (χ1v) is 7.20. The van der Waals surface area contributed by atoms with E-state index in [2.05, 4.69) is 10.3 Å². The maximum Gasteiger partial charge on any atom is 0.213 e. The third kappa shape index (κ3) is 2.84. The summed E-state index contributed by atoms with van der Waals surface area (Å²) in [6, 6.07) is 4.43. The molecule has 1 saturated carbocycles. The van der Waals surface area contributed by atoms with Gasteiger partial charge in [0.05, 0.1) is 24.6 Å². The minimum Gasteiger partial charge on any atom is -0.481 e. The zero-order valence-electron chi connectivity index (χ0n) is 11.5. The molecule has 1 saturated heterocycles. The van der Waals surface area contributed by atoms with Crippen LogP contribution in [-0.4, -0.2) is 30.3 Å². The molecule has 0 aromatic carbocycles. The van der Waals surface area contributed by atoms with Crippen LogP contribution in [-0.2, 0) is 4.74 Å². The van der Waals surface area contributed by atoms with Gasteiger partial charge in [-0.3, -0.25) is 0 Å². The summed E-state index contributed by atoms with van der Waals surface area (Å²) in [5, 5.41) is 3.59. The molecule has 19 heavy (non-hydrogen) atoms. The largest absolute Gasteiger partial charge is 0.481 e. The van der Waals surface area contributed by atoms with Gasteiger partial charge in [-0.2, -0.15) is 0 Å². The second-order valence-corrected chi connectivity index (χ2v) is 5.66. The minimum atomic E-state index is 0.163. The molecule has 1 aromatic heterocycles. The lowest BCUT2D eigenvalue weighted by Crippen LogP contribution is -2.42. The quantitative estimate of drug-likeness (QED) is 0.909. The van der Waals surface area contributed by atoms with Gasteiger partial charge in [-0.1, -0.05) is 12.8 Å². The van der Waals surface area contributed by atoms with Crippen molar-refractivity contribution in [2.75, 3.05) is 19.0 Å². The molecule has 4 nitrogen and oxygen atoms in total. The van der Waals surface area contributed by atoms with Crippen molar-refractivity contribution in [3.05, 3.63) is 18.3 Å². The van der Waals surface area contributed by atoms with Gasteiger partial charge in [0.2, 0.25) is 5.88 Å². The highest BCUT2D eigenvalue weighted by Crippen LogP contribution is 2.40. The van der Waals surface area contributed by atoms with Crippen LogP contribution in [0.25, 0.3) is 0 Å². The Kier molecular flexibility index (Phi) is 3.60. The number of ether oxygens (including phenoxy) is 2. The second kappa shape index (κ2) is 5.37. The summed E-state index contributed by atoms with van der Waals surface area (Å²) in [4.78, 5) is 4.24. The van der Waals surface area contributed by atoms with Crippen LogP contribution in [0.15, 0.2) is 18.3 Å². The van der Waals surface area contributed by atoms with Gasteiger partial charge >= 0.3 is 0 Å². The lowest BCUT2D eigenvalue weighted by molar-refractivity contribution is -0.0767. The third-order valence-electron chi connectivity index (χ3n) is 4.32. The Bertz CT molecular complexity index is 413. The molecule has 1 aliphatic carbocycles. The number of nitrogens with one attached hydrogen (secondary N) is 1. The highest BCUT2D eigenvalue weighted by atomic mass is 16.5. The van der Waals surface area contributed by atoms with Crippen LogP contribution in [0.1, 0.15) is 38.5 Å². The van der Waals surface area contributed by atoms with Gasteiger partial charge < -0.3 is 14.8 Å². The van der Waals surface area contributed by atoms with E-state index in [0.29, 0.717) is 11.9 Å². The number of anilines is 1. The first-order chi connectivity index (χ1) is 9.30. The Morgan fingerprint density at radius 2 is 2.21 bits per heavy atom. The topological polar surface area (TPSA) is 43.4 Å². The van der Waals surface area contributed by atoms with Gasteiger partial charge in [-0.05, 0) is 31.7 Å². The number of rotatable bonds is 3. The Morgan fingerprint density at radius 3 is 2.89 bits per heavy atom. The van der Waals surface area contributed by atoms with Crippen LogP contribution in [0, 0.1) is 0 Å². The average Bonchev–Trinajstić information content (AvgIpc) is 2.88. The van der Waals surface area contributed by atoms with E-state index in [9.17, 15) is 0 Å². The van der Waals surface area contributed by atoms with E-state index in [1.807, 2.05) is 18.3 Å². The average molecular weight is 262 g/mol. The third-order valence-corrected chi connectivity index (χ3v) is 4.32. The molecule has 0 radical (unpaired) electrons. The zero-order valence-corrected chi connectivity index (χ0v) is 11.5. The minimum absolute atomic E-state index is 0.163. The fourth-order valence-electron chi connectivity index (χ4n) is 3.34. The summed E-state index contributed by atoms with van der Waals surface area (Å²) in [6.07, 6.45) is 9.13. The molecule has 1 atom stereocenters. The maximum atomic E-state index is 6.06. The monoisotopic (exact) mass is 262 g/mol. The molecular weight excluding hydrogens is 240 g/mol. The summed E-state index contributed by atoms with van der Waals surface area (Å²) in [5.41, 5.74) is 1.23. The lowest BCUT2D eigenvalue weighted by Gasteiger charge is -2.38. The van der Waals surface area contributed by atoms with Crippen molar-refractivity contribution in [3.63, 3.8) is 0 Å². The summed E-state index contributed by atoms with van der Waals surface area (Å²) < 4.78 is 11.1. The molecule has 1 aliphatic heterocycles. The molecule has 0 bridgehead atoms. The normalized spacial score (nSPS) is 25.4. The number of hydrogen-bond acceptors (Lipinski definition) is 4. The van der Waals surface area contributed by atoms with Crippen molar-refractivity contribution in [1.82, 2.24) is 4.98 Å². The van der Waals surface area contributed by atoms with Gasteiger partial charge in [0.25, 0.3) is 0 Å². The molecule has 1 unspecified atom stereocenters. The zero-order chi connectivity index (χ0) is 13.1. The standard InChI is InChI=1S/C15H22N2O2/c1-18-14-5-4-13(11-16-14)17-12-6-9-19-15(10-12)7-2-3-8-15/h4-5,11-12,17H,2-3,6-10H2,1H3. The Labute approximate surface area is 114 Å². The molecule has 104 valence electrons. The van der Waals surface area contributed by atoms with Crippen LogP contribution in [0.2, 0.25) is 0 Å².